The summed E-state index contributed by atoms with van der Waals surface area (Å²) in [5, 5.41) is 5.56. The third-order valence-corrected chi connectivity index (χ3v) is 5.28. The number of ether oxygens (including phenoxy) is 1. The number of amides is 4. The Morgan fingerprint density at radius 3 is 2.36 bits per heavy atom. The Kier molecular flexibility index (Phi) is 7.82. The number of benzene rings is 2. The zero-order valence-corrected chi connectivity index (χ0v) is 19.1. The SMILES string of the molecule is CCOC(=O)NC(CNC(=O)c1ccc2c(c1)C(=O)N(Cc1ccccc1)C2=O)CC(C)C. The number of fused-ring (bicyclic) bond motifs is 1. The molecule has 0 bridgehead atoms. The zero-order valence-electron chi connectivity index (χ0n) is 19.1. The van der Waals surface area contributed by atoms with Crippen LogP contribution in [0.25, 0.3) is 0 Å². The number of hydrogen-bond donors (Lipinski definition) is 2. The Balaban J connectivity index is 1.68. The summed E-state index contributed by atoms with van der Waals surface area (Å²) in [6.45, 7) is 6.40. The lowest BCUT2D eigenvalue weighted by Gasteiger charge is -2.20. The maximum absolute atomic E-state index is 12.9. The first-order valence-corrected chi connectivity index (χ1v) is 11.1. The lowest BCUT2D eigenvalue weighted by molar-refractivity contribution is 0.0642. The van der Waals surface area contributed by atoms with Gasteiger partial charge in [0.2, 0.25) is 0 Å². The molecule has 0 fully saturated rings. The lowest BCUT2D eigenvalue weighted by Crippen LogP contribution is -2.44. The summed E-state index contributed by atoms with van der Waals surface area (Å²) >= 11 is 0. The first-order chi connectivity index (χ1) is 15.8. The minimum atomic E-state index is -0.530. The molecule has 0 saturated carbocycles. The summed E-state index contributed by atoms with van der Waals surface area (Å²) < 4.78 is 4.93. The maximum atomic E-state index is 12.9. The van der Waals surface area contributed by atoms with Crippen molar-refractivity contribution in [1.29, 1.82) is 0 Å². The van der Waals surface area contributed by atoms with Gasteiger partial charge in [-0.1, -0.05) is 44.2 Å². The third kappa shape index (κ3) is 5.97. The lowest BCUT2D eigenvalue weighted by atomic mass is 10.0. The minimum absolute atomic E-state index is 0.172. The molecule has 0 radical (unpaired) electrons. The van der Waals surface area contributed by atoms with E-state index in [-0.39, 0.29) is 54.2 Å². The van der Waals surface area contributed by atoms with Gasteiger partial charge in [0.15, 0.2) is 0 Å². The van der Waals surface area contributed by atoms with Crippen LogP contribution in [-0.2, 0) is 11.3 Å². The monoisotopic (exact) mass is 451 g/mol. The van der Waals surface area contributed by atoms with Gasteiger partial charge in [0.1, 0.15) is 0 Å². The van der Waals surface area contributed by atoms with Gasteiger partial charge in [-0.3, -0.25) is 19.3 Å². The van der Waals surface area contributed by atoms with Crippen molar-refractivity contribution in [2.45, 2.75) is 39.8 Å². The topological polar surface area (TPSA) is 105 Å². The number of alkyl carbamates (subject to hydrolysis) is 1. The van der Waals surface area contributed by atoms with Crippen molar-refractivity contribution < 1.29 is 23.9 Å². The molecule has 174 valence electrons. The Morgan fingerprint density at radius 1 is 1.00 bits per heavy atom. The van der Waals surface area contributed by atoms with Crippen LogP contribution in [0.15, 0.2) is 48.5 Å². The molecule has 8 nitrogen and oxygen atoms in total. The van der Waals surface area contributed by atoms with E-state index in [1.807, 2.05) is 44.2 Å². The van der Waals surface area contributed by atoms with Crippen LogP contribution in [0.1, 0.15) is 63.8 Å². The molecular formula is C25H29N3O5. The van der Waals surface area contributed by atoms with Gasteiger partial charge in [-0.25, -0.2) is 4.79 Å². The molecule has 1 unspecified atom stereocenters. The van der Waals surface area contributed by atoms with Crippen molar-refractivity contribution in [1.82, 2.24) is 15.5 Å². The molecule has 3 rings (SSSR count). The molecule has 4 amide bonds. The van der Waals surface area contributed by atoms with Crippen LogP contribution < -0.4 is 10.6 Å². The fourth-order valence-electron chi connectivity index (χ4n) is 3.76. The molecule has 1 heterocycles. The van der Waals surface area contributed by atoms with Crippen molar-refractivity contribution in [3.05, 3.63) is 70.8 Å². The van der Waals surface area contributed by atoms with Crippen LogP contribution in [0.5, 0.6) is 0 Å². The van der Waals surface area contributed by atoms with Gasteiger partial charge in [-0.2, -0.15) is 0 Å². The summed E-state index contributed by atoms with van der Waals surface area (Å²) in [5.41, 5.74) is 1.62. The van der Waals surface area contributed by atoms with Crippen LogP contribution in [0.2, 0.25) is 0 Å². The fourth-order valence-corrected chi connectivity index (χ4v) is 3.76. The van der Waals surface area contributed by atoms with E-state index in [0.717, 1.165) is 5.56 Å². The quantitative estimate of drug-likeness (QED) is 0.569. The van der Waals surface area contributed by atoms with E-state index in [0.29, 0.717) is 12.3 Å². The van der Waals surface area contributed by atoms with Gasteiger partial charge in [0.25, 0.3) is 17.7 Å². The van der Waals surface area contributed by atoms with E-state index < -0.39 is 12.0 Å². The molecule has 0 aromatic heterocycles. The zero-order chi connectivity index (χ0) is 24.0. The third-order valence-electron chi connectivity index (χ3n) is 5.28. The van der Waals surface area contributed by atoms with Crippen molar-refractivity contribution in [2.24, 2.45) is 5.92 Å². The maximum Gasteiger partial charge on any atom is 0.407 e. The second kappa shape index (κ2) is 10.8. The van der Waals surface area contributed by atoms with Crippen LogP contribution in [0.4, 0.5) is 4.79 Å². The highest BCUT2D eigenvalue weighted by Crippen LogP contribution is 2.25. The van der Waals surface area contributed by atoms with E-state index in [1.54, 1.807) is 6.92 Å². The number of carbonyl (C=O) groups is 4. The van der Waals surface area contributed by atoms with E-state index >= 15 is 0 Å². The molecule has 8 heteroatoms. The van der Waals surface area contributed by atoms with Crippen molar-refractivity contribution in [2.75, 3.05) is 13.2 Å². The second-order valence-electron chi connectivity index (χ2n) is 8.34. The number of imide groups is 1. The summed E-state index contributed by atoms with van der Waals surface area (Å²) in [7, 11) is 0. The normalized spacial score (nSPS) is 13.6. The van der Waals surface area contributed by atoms with Crippen LogP contribution in [0, 0.1) is 5.92 Å². The first-order valence-electron chi connectivity index (χ1n) is 11.1. The van der Waals surface area contributed by atoms with Crippen LogP contribution in [-0.4, -0.2) is 47.9 Å². The fraction of sp³-hybridized carbons (Fsp3) is 0.360. The van der Waals surface area contributed by atoms with E-state index in [2.05, 4.69) is 10.6 Å². The first kappa shape index (κ1) is 24.0. The molecular weight excluding hydrogens is 422 g/mol. The molecule has 2 aromatic carbocycles. The largest absolute Gasteiger partial charge is 0.450 e. The molecule has 1 aliphatic rings. The summed E-state index contributed by atoms with van der Waals surface area (Å²) in [6, 6.07) is 13.4. The minimum Gasteiger partial charge on any atom is -0.450 e. The highest BCUT2D eigenvalue weighted by molar-refractivity contribution is 6.22. The molecule has 33 heavy (non-hydrogen) atoms. The molecule has 2 N–H and O–H groups in total. The van der Waals surface area contributed by atoms with E-state index in [1.165, 1.54) is 23.1 Å². The predicted octanol–water partition coefficient (Wildman–Crippen LogP) is 3.37. The van der Waals surface area contributed by atoms with Gasteiger partial charge in [0.05, 0.1) is 24.3 Å². The Hall–Kier alpha value is -3.68. The molecule has 0 aliphatic carbocycles. The standard InChI is InChI=1S/C25H29N3O5/c1-4-33-25(32)27-19(12-16(2)3)14-26-22(29)18-10-11-20-21(13-18)24(31)28(23(20)30)15-17-8-6-5-7-9-17/h5-11,13,16,19H,4,12,14-15H2,1-3H3,(H,26,29)(H,27,32). The number of nitrogens with one attached hydrogen (secondary N) is 2. The Bertz CT molecular complexity index is 1040. The van der Waals surface area contributed by atoms with Gasteiger partial charge in [-0.15, -0.1) is 0 Å². The Labute approximate surface area is 193 Å². The summed E-state index contributed by atoms with van der Waals surface area (Å²) in [6.07, 6.45) is 0.127. The van der Waals surface area contributed by atoms with Crippen molar-refractivity contribution in [3.63, 3.8) is 0 Å². The second-order valence-corrected chi connectivity index (χ2v) is 8.34. The highest BCUT2D eigenvalue weighted by atomic mass is 16.5. The smallest absolute Gasteiger partial charge is 0.407 e. The van der Waals surface area contributed by atoms with Crippen LogP contribution in [0.3, 0.4) is 0 Å². The van der Waals surface area contributed by atoms with Gasteiger partial charge in [0, 0.05) is 18.2 Å². The summed E-state index contributed by atoms with van der Waals surface area (Å²) in [5.74, 6) is -0.886. The number of nitrogens with zero attached hydrogens (tertiary/aromatic N) is 1. The molecule has 2 aromatic rings. The van der Waals surface area contributed by atoms with Gasteiger partial charge in [-0.05, 0) is 43.0 Å². The number of carbonyl (C=O) groups excluding carboxylic acids is 4. The van der Waals surface area contributed by atoms with E-state index in [9.17, 15) is 19.2 Å². The number of rotatable bonds is 9. The van der Waals surface area contributed by atoms with Crippen molar-refractivity contribution >= 4 is 23.8 Å². The average molecular weight is 452 g/mol. The molecule has 1 atom stereocenters. The average Bonchev–Trinajstić information content (AvgIpc) is 3.02. The molecule has 0 spiro atoms. The highest BCUT2D eigenvalue weighted by Gasteiger charge is 2.36. The summed E-state index contributed by atoms with van der Waals surface area (Å²) in [4.78, 5) is 51.3. The van der Waals surface area contributed by atoms with Crippen LogP contribution >= 0.6 is 0 Å². The van der Waals surface area contributed by atoms with E-state index in [4.69, 9.17) is 4.74 Å². The Morgan fingerprint density at radius 2 is 1.70 bits per heavy atom. The van der Waals surface area contributed by atoms with Gasteiger partial charge < -0.3 is 15.4 Å². The van der Waals surface area contributed by atoms with Gasteiger partial charge >= 0.3 is 6.09 Å². The molecule has 1 aliphatic heterocycles. The van der Waals surface area contributed by atoms with Crippen molar-refractivity contribution in [3.8, 4) is 0 Å². The number of hydrogen-bond acceptors (Lipinski definition) is 5. The predicted molar refractivity (Wildman–Crippen MR) is 123 cm³/mol. The molecule has 0 saturated heterocycles.